The summed E-state index contributed by atoms with van der Waals surface area (Å²) in [4.78, 5) is 18.5. The first-order chi connectivity index (χ1) is 11.3. The van der Waals surface area contributed by atoms with E-state index in [-0.39, 0.29) is 4.87 Å². The van der Waals surface area contributed by atoms with E-state index in [1.807, 2.05) is 42.5 Å². The number of aromatic nitrogens is 3. The van der Waals surface area contributed by atoms with Crippen LogP contribution in [0.2, 0.25) is 0 Å². The fourth-order valence-electron chi connectivity index (χ4n) is 2.13. The molecule has 1 aromatic carbocycles. The SMILES string of the molecule is O=c1[nH]c(-c2ccccc2)c(N=Nc2snc3ncccc23)s1. The Morgan fingerprint density at radius 3 is 2.70 bits per heavy atom. The lowest BCUT2D eigenvalue weighted by Crippen LogP contribution is -1.91. The molecule has 0 aliphatic rings. The van der Waals surface area contributed by atoms with E-state index in [1.54, 1.807) is 6.20 Å². The van der Waals surface area contributed by atoms with E-state index in [0.29, 0.717) is 21.3 Å². The van der Waals surface area contributed by atoms with Crippen LogP contribution in [-0.2, 0) is 0 Å². The van der Waals surface area contributed by atoms with Gasteiger partial charge in [0.25, 0.3) is 0 Å². The number of rotatable bonds is 3. The molecule has 23 heavy (non-hydrogen) atoms. The lowest BCUT2D eigenvalue weighted by atomic mass is 10.2. The first-order valence-corrected chi connectivity index (χ1v) is 8.31. The fourth-order valence-corrected chi connectivity index (χ4v) is 3.46. The number of azo groups is 1. The summed E-state index contributed by atoms with van der Waals surface area (Å²) >= 11 is 2.27. The predicted octanol–water partition coefficient (Wildman–Crippen LogP) is 4.52. The van der Waals surface area contributed by atoms with Gasteiger partial charge in [0.2, 0.25) is 0 Å². The molecule has 0 amide bonds. The molecule has 0 bridgehead atoms. The largest absolute Gasteiger partial charge is 0.310 e. The molecule has 0 saturated heterocycles. The average molecular weight is 339 g/mol. The Kier molecular flexibility index (Phi) is 3.52. The number of hydrogen-bond donors (Lipinski definition) is 1. The molecule has 0 aliphatic carbocycles. The van der Waals surface area contributed by atoms with Crippen LogP contribution in [0.3, 0.4) is 0 Å². The third kappa shape index (κ3) is 2.69. The summed E-state index contributed by atoms with van der Waals surface area (Å²) in [5.41, 5.74) is 2.23. The van der Waals surface area contributed by atoms with Gasteiger partial charge in [0, 0.05) is 11.8 Å². The zero-order chi connectivity index (χ0) is 15.6. The van der Waals surface area contributed by atoms with Gasteiger partial charge in [-0.05, 0) is 23.7 Å². The molecule has 112 valence electrons. The van der Waals surface area contributed by atoms with Crippen LogP contribution in [0.25, 0.3) is 22.3 Å². The second kappa shape index (κ2) is 5.82. The normalized spacial score (nSPS) is 11.5. The number of benzene rings is 1. The highest BCUT2D eigenvalue weighted by atomic mass is 32.1. The lowest BCUT2D eigenvalue weighted by Gasteiger charge is -1.97. The van der Waals surface area contributed by atoms with Crippen molar-refractivity contribution < 1.29 is 0 Å². The van der Waals surface area contributed by atoms with Crippen molar-refractivity contribution in [2.24, 2.45) is 10.2 Å². The molecule has 4 rings (SSSR count). The number of H-pyrrole nitrogens is 1. The van der Waals surface area contributed by atoms with Crippen molar-refractivity contribution in [3.63, 3.8) is 0 Å². The summed E-state index contributed by atoms with van der Waals surface area (Å²) in [5, 5.41) is 10.6. The van der Waals surface area contributed by atoms with Crippen LogP contribution in [0.1, 0.15) is 0 Å². The van der Waals surface area contributed by atoms with E-state index >= 15 is 0 Å². The third-order valence-electron chi connectivity index (χ3n) is 3.16. The highest BCUT2D eigenvalue weighted by Gasteiger charge is 2.11. The van der Waals surface area contributed by atoms with E-state index in [1.165, 1.54) is 11.5 Å². The minimum Gasteiger partial charge on any atom is -0.310 e. The first kappa shape index (κ1) is 13.9. The van der Waals surface area contributed by atoms with Gasteiger partial charge in [-0.15, -0.1) is 10.2 Å². The molecule has 0 aliphatic heterocycles. The molecular weight excluding hydrogens is 330 g/mol. The maximum absolute atomic E-state index is 11.7. The lowest BCUT2D eigenvalue weighted by molar-refractivity contribution is 1.26. The van der Waals surface area contributed by atoms with Crippen LogP contribution < -0.4 is 4.87 Å². The van der Waals surface area contributed by atoms with Crippen molar-refractivity contribution in [3.8, 4) is 11.3 Å². The van der Waals surface area contributed by atoms with Crippen LogP contribution in [0.5, 0.6) is 0 Å². The summed E-state index contributed by atoms with van der Waals surface area (Å²) in [6, 6.07) is 13.3. The number of thiazole rings is 1. The molecule has 4 aromatic rings. The van der Waals surface area contributed by atoms with Crippen molar-refractivity contribution in [3.05, 3.63) is 58.3 Å². The molecule has 0 atom stereocenters. The molecule has 0 unspecified atom stereocenters. The van der Waals surface area contributed by atoms with Gasteiger partial charge in [0.1, 0.15) is 0 Å². The molecule has 1 N–H and O–H groups in total. The van der Waals surface area contributed by atoms with E-state index in [2.05, 4.69) is 24.6 Å². The summed E-state index contributed by atoms with van der Waals surface area (Å²) in [6.07, 6.45) is 1.69. The van der Waals surface area contributed by atoms with E-state index in [4.69, 9.17) is 0 Å². The van der Waals surface area contributed by atoms with Crippen molar-refractivity contribution in [1.29, 1.82) is 0 Å². The van der Waals surface area contributed by atoms with Gasteiger partial charge in [0.15, 0.2) is 15.6 Å². The Morgan fingerprint density at radius 2 is 1.83 bits per heavy atom. The van der Waals surface area contributed by atoms with Crippen molar-refractivity contribution >= 4 is 43.9 Å². The molecule has 3 heterocycles. The number of nitrogens with zero attached hydrogens (tertiary/aromatic N) is 4. The predicted molar refractivity (Wildman–Crippen MR) is 92.0 cm³/mol. The zero-order valence-electron chi connectivity index (χ0n) is 11.6. The standard InChI is InChI=1S/C15H9N5OS2/c21-15-17-11(9-5-2-1-3-6-9)14(22-15)19-18-13-10-7-4-8-16-12(10)20-23-13/h1-8H,(H,17,21). The van der Waals surface area contributed by atoms with Gasteiger partial charge < -0.3 is 4.98 Å². The molecular formula is C15H9N5OS2. The van der Waals surface area contributed by atoms with Gasteiger partial charge in [-0.3, -0.25) is 4.79 Å². The smallest absolute Gasteiger partial charge is 0.307 e. The maximum Gasteiger partial charge on any atom is 0.307 e. The van der Waals surface area contributed by atoms with Crippen LogP contribution in [-0.4, -0.2) is 14.3 Å². The monoisotopic (exact) mass is 339 g/mol. The number of fused-ring (bicyclic) bond motifs is 1. The molecule has 0 radical (unpaired) electrons. The summed E-state index contributed by atoms with van der Waals surface area (Å²) in [5.74, 6) is 0. The molecule has 0 saturated carbocycles. The average Bonchev–Trinajstić information content (AvgIpc) is 3.17. The van der Waals surface area contributed by atoms with Crippen LogP contribution >= 0.6 is 22.9 Å². The van der Waals surface area contributed by atoms with Crippen molar-refractivity contribution in [2.75, 3.05) is 0 Å². The van der Waals surface area contributed by atoms with Crippen LogP contribution in [0, 0.1) is 0 Å². The van der Waals surface area contributed by atoms with E-state index < -0.39 is 0 Å². The molecule has 0 spiro atoms. The fraction of sp³-hybridized carbons (Fsp3) is 0. The van der Waals surface area contributed by atoms with Gasteiger partial charge in [-0.1, -0.05) is 41.7 Å². The zero-order valence-corrected chi connectivity index (χ0v) is 13.3. The minimum absolute atomic E-state index is 0.159. The van der Waals surface area contributed by atoms with Crippen molar-refractivity contribution in [2.45, 2.75) is 0 Å². The third-order valence-corrected chi connectivity index (χ3v) is 4.67. The number of pyridine rings is 1. The summed E-state index contributed by atoms with van der Waals surface area (Å²) in [7, 11) is 0. The topological polar surface area (TPSA) is 83.4 Å². The van der Waals surface area contributed by atoms with Crippen molar-refractivity contribution in [1.82, 2.24) is 14.3 Å². The second-order valence-corrected chi connectivity index (χ2v) is 6.34. The Labute approximate surface area is 138 Å². The van der Waals surface area contributed by atoms with Gasteiger partial charge >= 0.3 is 4.87 Å². The highest BCUT2D eigenvalue weighted by Crippen LogP contribution is 2.34. The quantitative estimate of drug-likeness (QED) is 0.557. The number of aromatic amines is 1. The van der Waals surface area contributed by atoms with Crippen LogP contribution in [0.4, 0.5) is 10.0 Å². The van der Waals surface area contributed by atoms with Gasteiger partial charge in [-0.25, -0.2) is 4.98 Å². The van der Waals surface area contributed by atoms with Gasteiger partial charge in [-0.2, -0.15) is 4.37 Å². The maximum atomic E-state index is 11.7. The Bertz CT molecular complexity index is 1050. The van der Waals surface area contributed by atoms with E-state index in [0.717, 1.165) is 22.3 Å². The Morgan fingerprint density at radius 1 is 1.00 bits per heavy atom. The summed E-state index contributed by atoms with van der Waals surface area (Å²) in [6.45, 7) is 0. The Hall–Kier alpha value is -2.71. The molecule has 3 aromatic heterocycles. The number of hydrogen-bond acceptors (Lipinski definition) is 7. The summed E-state index contributed by atoms with van der Waals surface area (Å²) < 4.78 is 4.23. The van der Waals surface area contributed by atoms with E-state index in [9.17, 15) is 4.79 Å². The minimum atomic E-state index is -0.159. The van der Waals surface area contributed by atoms with Gasteiger partial charge in [0.05, 0.1) is 11.1 Å². The molecule has 6 nitrogen and oxygen atoms in total. The highest BCUT2D eigenvalue weighted by molar-refractivity contribution is 7.13. The second-order valence-electron chi connectivity index (χ2n) is 4.62. The Balaban J connectivity index is 1.76. The first-order valence-electron chi connectivity index (χ1n) is 6.72. The molecule has 0 fully saturated rings. The molecule has 8 heteroatoms. The van der Waals surface area contributed by atoms with Crippen LogP contribution in [0.15, 0.2) is 63.7 Å². The number of nitrogens with one attached hydrogen (secondary N) is 1.